The molecule has 0 amide bonds. The second-order valence-electron chi connectivity index (χ2n) is 5.07. The molecule has 0 spiro atoms. The number of nitrogens with zero attached hydrogens (tertiary/aromatic N) is 3. The molecule has 2 aromatic rings. The van der Waals surface area contributed by atoms with Crippen LogP contribution in [0.3, 0.4) is 0 Å². The molecule has 6 heteroatoms. The van der Waals surface area contributed by atoms with Gasteiger partial charge in [-0.2, -0.15) is 5.10 Å². The first-order chi connectivity index (χ1) is 10.6. The largest absolute Gasteiger partial charge is 0.357 e. The Hall–Kier alpha value is -1.82. The van der Waals surface area contributed by atoms with Gasteiger partial charge < -0.3 is 10.6 Å². The van der Waals surface area contributed by atoms with Crippen LogP contribution in [0.2, 0.25) is 0 Å². The van der Waals surface area contributed by atoms with Crippen molar-refractivity contribution in [3.05, 3.63) is 51.8 Å². The fraction of sp³-hybridized carbons (Fsp3) is 0.375. The fourth-order valence-electron chi connectivity index (χ4n) is 2.09. The minimum Gasteiger partial charge on any atom is -0.357 e. The topological polar surface area (TPSA) is 54.2 Å². The van der Waals surface area contributed by atoms with E-state index in [0.29, 0.717) is 13.1 Å². The first kappa shape index (κ1) is 16.5. The zero-order valence-corrected chi connectivity index (χ0v) is 14.8. The van der Waals surface area contributed by atoms with Crippen LogP contribution in [0.25, 0.3) is 0 Å². The Balaban J connectivity index is 2.01. The minimum atomic E-state index is 0.653. The average molecular weight is 364 g/mol. The van der Waals surface area contributed by atoms with Gasteiger partial charge in [0.25, 0.3) is 0 Å². The molecule has 2 N–H and O–H groups in total. The van der Waals surface area contributed by atoms with Gasteiger partial charge >= 0.3 is 0 Å². The van der Waals surface area contributed by atoms with Crippen LogP contribution in [0.1, 0.15) is 23.7 Å². The van der Waals surface area contributed by atoms with Crippen molar-refractivity contribution in [2.24, 2.45) is 12.0 Å². The molecule has 22 heavy (non-hydrogen) atoms. The number of aryl methyl sites for hydroxylation is 2. The summed E-state index contributed by atoms with van der Waals surface area (Å²) < 4.78 is 2.95. The molecule has 1 heterocycles. The lowest BCUT2D eigenvalue weighted by atomic mass is 10.1. The van der Waals surface area contributed by atoms with Gasteiger partial charge in [0.2, 0.25) is 0 Å². The molecule has 0 bridgehead atoms. The van der Waals surface area contributed by atoms with Gasteiger partial charge in [-0.25, -0.2) is 4.99 Å². The summed E-state index contributed by atoms with van der Waals surface area (Å²) in [5.41, 5.74) is 3.58. The third-order valence-electron chi connectivity index (χ3n) is 3.42. The molecule has 0 aliphatic carbocycles. The van der Waals surface area contributed by atoms with Crippen molar-refractivity contribution in [1.29, 1.82) is 0 Å². The Labute approximate surface area is 140 Å². The number of benzene rings is 1. The quantitative estimate of drug-likeness (QED) is 0.634. The highest BCUT2D eigenvalue weighted by Crippen LogP contribution is 2.16. The van der Waals surface area contributed by atoms with E-state index >= 15 is 0 Å². The van der Waals surface area contributed by atoms with Crippen LogP contribution < -0.4 is 10.6 Å². The van der Waals surface area contributed by atoms with Crippen molar-refractivity contribution in [2.75, 3.05) is 6.54 Å². The van der Waals surface area contributed by atoms with E-state index < -0.39 is 0 Å². The zero-order valence-electron chi connectivity index (χ0n) is 13.2. The SMILES string of the molecule is CCNC(=NCc1ccc(Br)cc1C)NCc1ccnn1C. The van der Waals surface area contributed by atoms with Gasteiger partial charge in [0.05, 0.1) is 18.8 Å². The van der Waals surface area contributed by atoms with Crippen molar-refractivity contribution in [2.45, 2.75) is 26.9 Å². The number of hydrogen-bond donors (Lipinski definition) is 2. The normalized spacial score (nSPS) is 11.5. The van der Waals surface area contributed by atoms with Crippen molar-refractivity contribution in [1.82, 2.24) is 20.4 Å². The van der Waals surface area contributed by atoms with Gasteiger partial charge in [-0.3, -0.25) is 4.68 Å². The Morgan fingerprint density at radius 1 is 1.32 bits per heavy atom. The Morgan fingerprint density at radius 3 is 2.77 bits per heavy atom. The number of aliphatic imine (C=N–C) groups is 1. The molecule has 1 aromatic carbocycles. The highest BCUT2D eigenvalue weighted by molar-refractivity contribution is 9.10. The predicted molar refractivity (Wildman–Crippen MR) is 93.7 cm³/mol. The second kappa shape index (κ2) is 7.98. The molecule has 0 aliphatic heterocycles. The van der Waals surface area contributed by atoms with Crippen molar-refractivity contribution in [3.8, 4) is 0 Å². The Bertz CT molecular complexity index is 648. The van der Waals surface area contributed by atoms with Gasteiger partial charge in [0, 0.05) is 24.3 Å². The molecule has 0 saturated heterocycles. The lowest BCUT2D eigenvalue weighted by molar-refractivity contribution is 0.685. The number of hydrogen-bond acceptors (Lipinski definition) is 2. The van der Waals surface area contributed by atoms with Crippen LogP contribution in [0, 0.1) is 6.92 Å². The molecule has 0 fully saturated rings. The highest BCUT2D eigenvalue weighted by atomic mass is 79.9. The summed E-state index contributed by atoms with van der Waals surface area (Å²) in [4.78, 5) is 4.65. The monoisotopic (exact) mass is 363 g/mol. The lowest BCUT2D eigenvalue weighted by Crippen LogP contribution is -2.37. The molecule has 1 aromatic heterocycles. The van der Waals surface area contributed by atoms with Gasteiger partial charge in [-0.05, 0) is 43.2 Å². The lowest BCUT2D eigenvalue weighted by Gasteiger charge is -2.12. The maximum absolute atomic E-state index is 4.65. The number of halogens is 1. The summed E-state index contributed by atoms with van der Waals surface area (Å²) in [6.07, 6.45) is 1.80. The number of aromatic nitrogens is 2. The van der Waals surface area contributed by atoms with Crippen molar-refractivity contribution < 1.29 is 0 Å². The molecule has 118 valence electrons. The average Bonchev–Trinajstić information content (AvgIpc) is 2.89. The summed E-state index contributed by atoms with van der Waals surface area (Å²) in [6.45, 7) is 6.34. The van der Waals surface area contributed by atoms with E-state index in [0.717, 1.165) is 22.7 Å². The molecule has 0 radical (unpaired) electrons. The smallest absolute Gasteiger partial charge is 0.191 e. The van der Waals surface area contributed by atoms with E-state index in [1.54, 1.807) is 6.20 Å². The van der Waals surface area contributed by atoms with Crippen LogP contribution in [0.15, 0.2) is 39.9 Å². The standard InChI is InChI=1S/C16H22BrN5/c1-4-18-16(20-11-15-7-8-21-22(15)3)19-10-13-5-6-14(17)9-12(13)2/h5-9H,4,10-11H2,1-3H3,(H2,18,19,20). The number of guanidine groups is 1. The second-order valence-corrected chi connectivity index (χ2v) is 5.98. The maximum atomic E-state index is 4.65. The predicted octanol–water partition coefficient (Wildman–Crippen LogP) is 2.75. The number of rotatable bonds is 5. The van der Waals surface area contributed by atoms with Gasteiger partial charge in [-0.15, -0.1) is 0 Å². The van der Waals surface area contributed by atoms with E-state index in [2.05, 4.69) is 62.6 Å². The molecule has 0 unspecified atom stereocenters. The van der Waals surface area contributed by atoms with Crippen molar-refractivity contribution >= 4 is 21.9 Å². The van der Waals surface area contributed by atoms with E-state index in [1.807, 2.05) is 23.9 Å². The Morgan fingerprint density at radius 2 is 2.14 bits per heavy atom. The van der Waals surface area contributed by atoms with Crippen LogP contribution in [0.5, 0.6) is 0 Å². The highest BCUT2D eigenvalue weighted by Gasteiger charge is 2.03. The first-order valence-electron chi connectivity index (χ1n) is 7.34. The minimum absolute atomic E-state index is 0.653. The molecule has 0 saturated carbocycles. The summed E-state index contributed by atoms with van der Waals surface area (Å²) in [5, 5.41) is 10.8. The molecule has 5 nitrogen and oxygen atoms in total. The number of nitrogens with one attached hydrogen (secondary N) is 2. The fourth-order valence-corrected chi connectivity index (χ4v) is 2.57. The van der Waals surface area contributed by atoms with Gasteiger partial charge in [-0.1, -0.05) is 22.0 Å². The third-order valence-corrected chi connectivity index (χ3v) is 3.91. The summed E-state index contributed by atoms with van der Waals surface area (Å²) in [6, 6.07) is 8.26. The van der Waals surface area contributed by atoms with Crippen LogP contribution in [-0.4, -0.2) is 22.3 Å². The van der Waals surface area contributed by atoms with E-state index in [4.69, 9.17) is 0 Å². The van der Waals surface area contributed by atoms with Crippen molar-refractivity contribution in [3.63, 3.8) is 0 Å². The molecule has 0 atom stereocenters. The van der Waals surface area contributed by atoms with Crippen LogP contribution in [-0.2, 0) is 20.1 Å². The molecular weight excluding hydrogens is 342 g/mol. The van der Waals surface area contributed by atoms with Crippen LogP contribution >= 0.6 is 15.9 Å². The molecule has 0 aliphatic rings. The maximum Gasteiger partial charge on any atom is 0.191 e. The van der Waals surface area contributed by atoms with Crippen LogP contribution in [0.4, 0.5) is 0 Å². The molecular formula is C16H22BrN5. The first-order valence-corrected chi connectivity index (χ1v) is 8.13. The summed E-state index contributed by atoms with van der Waals surface area (Å²) >= 11 is 3.49. The third kappa shape index (κ3) is 4.59. The van der Waals surface area contributed by atoms with E-state index in [1.165, 1.54) is 11.1 Å². The van der Waals surface area contributed by atoms with Gasteiger partial charge in [0.15, 0.2) is 5.96 Å². The van der Waals surface area contributed by atoms with Gasteiger partial charge in [0.1, 0.15) is 0 Å². The summed E-state index contributed by atoms with van der Waals surface area (Å²) in [5.74, 6) is 0.811. The van der Waals surface area contributed by atoms with E-state index in [9.17, 15) is 0 Å². The zero-order chi connectivity index (χ0) is 15.9. The summed E-state index contributed by atoms with van der Waals surface area (Å²) in [7, 11) is 1.94. The molecule has 2 rings (SSSR count). The Kier molecular flexibility index (Phi) is 6.00. The van der Waals surface area contributed by atoms with E-state index in [-0.39, 0.29) is 0 Å².